The third kappa shape index (κ3) is 4.04. The molecule has 0 aromatic carbocycles. The molecule has 1 amide bonds. The molecular weight excluding hydrogens is 294 g/mol. The average molecular weight is 315 g/mol. The summed E-state index contributed by atoms with van der Waals surface area (Å²) >= 11 is 0. The van der Waals surface area contributed by atoms with Gasteiger partial charge < -0.3 is 15.0 Å². The number of nitrogens with zero attached hydrogens (tertiary/aromatic N) is 1. The Morgan fingerprint density at radius 1 is 1.35 bits per heavy atom. The second-order valence-corrected chi connectivity index (χ2v) is 5.23. The second kappa shape index (κ2) is 7.69. The molecule has 6 nitrogen and oxygen atoms in total. The van der Waals surface area contributed by atoms with Crippen LogP contribution in [0.1, 0.15) is 28.5 Å². The fourth-order valence-electron chi connectivity index (χ4n) is 2.31. The Morgan fingerprint density at radius 2 is 2.13 bits per heavy atom. The van der Waals surface area contributed by atoms with Gasteiger partial charge in [-0.1, -0.05) is 6.92 Å². The fraction of sp³-hybridized carbons (Fsp3) is 0.353. The molecule has 0 aliphatic carbocycles. The number of rotatable bonds is 6. The molecule has 122 valence electrons. The van der Waals surface area contributed by atoms with E-state index in [0.717, 1.165) is 16.8 Å². The number of nitrogens with one attached hydrogen (secondary N) is 2. The van der Waals surface area contributed by atoms with Crippen LogP contribution in [0.5, 0.6) is 0 Å². The van der Waals surface area contributed by atoms with Crippen LogP contribution in [0.4, 0.5) is 0 Å². The monoisotopic (exact) mass is 315 g/mol. The van der Waals surface area contributed by atoms with Crippen LogP contribution in [0.3, 0.4) is 0 Å². The molecule has 0 aliphatic rings. The maximum absolute atomic E-state index is 12.1. The van der Waals surface area contributed by atoms with Gasteiger partial charge in [0.05, 0.1) is 12.2 Å². The van der Waals surface area contributed by atoms with Crippen molar-refractivity contribution < 1.29 is 9.53 Å². The molecule has 0 radical (unpaired) electrons. The number of amides is 1. The molecule has 0 atom stereocenters. The molecule has 0 fully saturated rings. The van der Waals surface area contributed by atoms with Crippen molar-refractivity contribution >= 4 is 5.91 Å². The minimum Gasteiger partial charge on any atom is -0.383 e. The Hall–Kier alpha value is -2.47. The number of carbonyl (C=O) groups excluding carboxylic acids is 1. The van der Waals surface area contributed by atoms with Crippen LogP contribution in [-0.4, -0.2) is 36.1 Å². The van der Waals surface area contributed by atoms with Gasteiger partial charge in [-0.2, -0.15) is 0 Å². The quantitative estimate of drug-likeness (QED) is 0.794. The van der Waals surface area contributed by atoms with Gasteiger partial charge in [-0.3, -0.25) is 14.6 Å². The van der Waals surface area contributed by atoms with Crippen molar-refractivity contribution in [3.05, 3.63) is 51.7 Å². The highest BCUT2D eigenvalue weighted by Gasteiger charge is 2.11. The van der Waals surface area contributed by atoms with Crippen LogP contribution >= 0.6 is 0 Å². The molecule has 0 aliphatic heterocycles. The van der Waals surface area contributed by atoms with Crippen molar-refractivity contribution in [2.45, 2.75) is 20.3 Å². The predicted molar refractivity (Wildman–Crippen MR) is 88.6 cm³/mol. The van der Waals surface area contributed by atoms with E-state index in [0.29, 0.717) is 30.7 Å². The van der Waals surface area contributed by atoms with Gasteiger partial charge in [-0.25, -0.2) is 0 Å². The highest BCUT2D eigenvalue weighted by atomic mass is 16.5. The molecule has 2 aromatic rings. The van der Waals surface area contributed by atoms with Gasteiger partial charge in [0, 0.05) is 48.4 Å². The maximum Gasteiger partial charge on any atom is 0.252 e. The third-order valence-corrected chi connectivity index (χ3v) is 3.60. The molecular formula is C17H21N3O3. The summed E-state index contributed by atoms with van der Waals surface area (Å²) in [6, 6.07) is 3.63. The van der Waals surface area contributed by atoms with Gasteiger partial charge in [-0.15, -0.1) is 0 Å². The van der Waals surface area contributed by atoms with E-state index in [9.17, 15) is 9.59 Å². The molecule has 2 heterocycles. The average Bonchev–Trinajstić information content (AvgIpc) is 2.55. The van der Waals surface area contributed by atoms with Crippen molar-refractivity contribution in [2.75, 3.05) is 20.3 Å². The van der Waals surface area contributed by atoms with Crippen molar-refractivity contribution in [1.82, 2.24) is 15.3 Å². The van der Waals surface area contributed by atoms with Crippen LogP contribution in [-0.2, 0) is 11.2 Å². The highest BCUT2D eigenvalue weighted by molar-refractivity contribution is 5.95. The molecule has 2 rings (SSSR count). The summed E-state index contributed by atoms with van der Waals surface area (Å²) in [6.45, 7) is 4.66. The molecule has 23 heavy (non-hydrogen) atoms. The Labute approximate surface area is 134 Å². The molecule has 0 bridgehead atoms. The zero-order valence-corrected chi connectivity index (χ0v) is 13.6. The lowest BCUT2D eigenvalue weighted by Crippen LogP contribution is -2.27. The summed E-state index contributed by atoms with van der Waals surface area (Å²) in [6.07, 6.45) is 3.85. The fourth-order valence-corrected chi connectivity index (χ4v) is 2.31. The summed E-state index contributed by atoms with van der Waals surface area (Å²) in [5.41, 5.74) is 3.54. The number of hydrogen-bond donors (Lipinski definition) is 2. The van der Waals surface area contributed by atoms with Crippen molar-refractivity contribution in [3.63, 3.8) is 0 Å². The number of pyridine rings is 2. The van der Waals surface area contributed by atoms with Gasteiger partial charge in [0.1, 0.15) is 0 Å². The first-order valence-corrected chi connectivity index (χ1v) is 7.52. The number of carbonyl (C=O) groups is 1. The van der Waals surface area contributed by atoms with Crippen LogP contribution in [0.2, 0.25) is 0 Å². The lowest BCUT2D eigenvalue weighted by atomic mass is 10.0. The number of aromatic nitrogens is 2. The van der Waals surface area contributed by atoms with Gasteiger partial charge in [0.15, 0.2) is 0 Å². The van der Waals surface area contributed by atoms with Crippen LogP contribution < -0.4 is 10.9 Å². The normalized spacial score (nSPS) is 10.6. The Bertz CT molecular complexity index is 753. The summed E-state index contributed by atoms with van der Waals surface area (Å²) in [4.78, 5) is 30.9. The molecule has 2 aromatic heterocycles. The Morgan fingerprint density at radius 3 is 2.83 bits per heavy atom. The third-order valence-electron chi connectivity index (χ3n) is 3.60. The van der Waals surface area contributed by atoms with E-state index in [2.05, 4.69) is 15.3 Å². The van der Waals surface area contributed by atoms with Crippen molar-refractivity contribution in [3.8, 4) is 11.1 Å². The van der Waals surface area contributed by atoms with Crippen LogP contribution in [0.15, 0.2) is 29.3 Å². The zero-order valence-electron chi connectivity index (χ0n) is 13.6. The lowest BCUT2D eigenvalue weighted by molar-refractivity contribution is 0.0937. The summed E-state index contributed by atoms with van der Waals surface area (Å²) in [7, 11) is 1.58. The highest BCUT2D eigenvalue weighted by Crippen LogP contribution is 2.22. The van der Waals surface area contributed by atoms with E-state index in [1.165, 1.54) is 6.20 Å². The summed E-state index contributed by atoms with van der Waals surface area (Å²) < 4.78 is 4.91. The number of aryl methyl sites for hydroxylation is 2. The lowest BCUT2D eigenvalue weighted by Gasteiger charge is -2.09. The van der Waals surface area contributed by atoms with Crippen LogP contribution in [0.25, 0.3) is 11.1 Å². The van der Waals surface area contributed by atoms with E-state index in [1.807, 2.05) is 19.9 Å². The van der Waals surface area contributed by atoms with Gasteiger partial charge in [0.25, 0.3) is 11.5 Å². The molecule has 0 spiro atoms. The molecule has 0 saturated heterocycles. The van der Waals surface area contributed by atoms with E-state index in [-0.39, 0.29) is 11.5 Å². The number of methoxy groups -OCH3 is 1. The number of aromatic amines is 1. The Balaban J connectivity index is 2.33. The Kier molecular flexibility index (Phi) is 5.65. The van der Waals surface area contributed by atoms with Gasteiger partial charge in [0.2, 0.25) is 0 Å². The number of ether oxygens (including phenoxy) is 1. The zero-order chi connectivity index (χ0) is 16.8. The SMILES string of the molecule is CCc1cc(-c2cncc(C(=O)NCCOC)c2)c(C)[nH]c1=O. The molecule has 0 saturated carbocycles. The molecule has 6 heteroatoms. The number of H-pyrrole nitrogens is 1. The van der Waals surface area contributed by atoms with Gasteiger partial charge in [-0.05, 0) is 25.5 Å². The molecule has 2 N–H and O–H groups in total. The van der Waals surface area contributed by atoms with Crippen molar-refractivity contribution in [1.29, 1.82) is 0 Å². The minimum atomic E-state index is -0.200. The first kappa shape index (κ1) is 16.9. The maximum atomic E-state index is 12.1. The van der Waals surface area contributed by atoms with E-state index < -0.39 is 0 Å². The first-order valence-electron chi connectivity index (χ1n) is 7.52. The van der Waals surface area contributed by atoms with E-state index in [1.54, 1.807) is 19.4 Å². The second-order valence-electron chi connectivity index (χ2n) is 5.23. The predicted octanol–water partition coefficient (Wildman–Crippen LogP) is 1.68. The largest absolute Gasteiger partial charge is 0.383 e. The van der Waals surface area contributed by atoms with E-state index in [4.69, 9.17) is 4.74 Å². The number of hydrogen-bond acceptors (Lipinski definition) is 4. The van der Waals surface area contributed by atoms with Gasteiger partial charge >= 0.3 is 0 Å². The smallest absolute Gasteiger partial charge is 0.252 e. The standard InChI is InChI=1S/C17H21N3O3/c1-4-12-8-15(11(2)20-17(12)22)13-7-14(10-18-9-13)16(21)19-5-6-23-3/h7-10H,4-6H2,1-3H3,(H,19,21)(H,20,22). The van der Waals surface area contributed by atoms with Crippen molar-refractivity contribution in [2.24, 2.45) is 0 Å². The minimum absolute atomic E-state index is 0.0739. The van der Waals surface area contributed by atoms with Crippen LogP contribution in [0, 0.1) is 6.92 Å². The topological polar surface area (TPSA) is 84.1 Å². The summed E-state index contributed by atoms with van der Waals surface area (Å²) in [5.74, 6) is -0.200. The molecule has 0 unspecified atom stereocenters. The summed E-state index contributed by atoms with van der Waals surface area (Å²) in [5, 5.41) is 2.76. The van der Waals surface area contributed by atoms with E-state index >= 15 is 0 Å². The first-order chi connectivity index (χ1) is 11.1.